The summed E-state index contributed by atoms with van der Waals surface area (Å²) >= 11 is 0. The lowest BCUT2D eigenvalue weighted by Gasteiger charge is -2.14. The van der Waals surface area contributed by atoms with Crippen LogP contribution in [0.2, 0.25) is 0 Å². The zero-order chi connectivity index (χ0) is 17.2. The summed E-state index contributed by atoms with van der Waals surface area (Å²) in [5.41, 5.74) is -1.85. The second-order valence-corrected chi connectivity index (χ2v) is 9.25. The molecule has 10 heteroatoms. The van der Waals surface area contributed by atoms with E-state index in [9.17, 15) is 18.7 Å². The Kier molecular flexibility index (Phi) is 9.53. The summed E-state index contributed by atoms with van der Waals surface area (Å²) in [5, 5.41) is 0. The van der Waals surface area contributed by atoms with Crippen molar-refractivity contribution in [3.05, 3.63) is 12.2 Å². The largest absolute Gasteiger partial charge is 0.456 e. The first kappa shape index (κ1) is 21.1. The summed E-state index contributed by atoms with van der Waals surface area (Å²) < 4.78 is 42.4. The lowest BCUT2D eigenvalue weighted by molar-refractivity contribution is 0.157. The van der Waals surface area contributed by atoms with Crippen LogP contribution in [0.15, 0.2) is 12.2 Å². The van der Waals surface area contributed by atoms with Gasteiger partial charge in [-0.05, 0) is 39.3 Å². The van der Waals surface area contributed by atoms with E-state index in [1.165, 1.54) is 25.5 Å². The Morgan fingerprint density at radius 2 is 1.27 bits per heavy atom. The molecule has 0 atom stereocenters. The molecule has 128 valence electrons. The van der Waals surface area contributed by atoms with Crippen molar-refractivity contribution in [1.82, 2.24) is 0 Å². The van der Waals surface area contributed by atoms with Crippen LogP contribution in [0.4, 0.5) is 9.59 Å². The highest BCUT2D eigenvalue weighted by atomic mass is 31.2. The van der Waals surface area contributed by atoms with Crippen LogP contribution in [0, 0.1) is 0 Å². The summed E-state index contributed by atoms with van der Waals surface area (Å²) in [7, 11) is -6.84. The Morgan fingerprint density at radius 3 is 1.64 bits per heavy atom. The predicted octanol–water partition coefficient (Wildman–Crippen LogP) is 3.70. The van der Waals surface area contributed by atoms with Gasteiger partial charge in [-0.2, -0.15) is 0 Å². The monoisotopic (exact) mass is 356 g/mol. The van der Waals surface area contributed by atoms with Gasteiger partial charge in [-0.3, -0.25) is 0 Å². The third-order valence-corrected chi connectivity index (χ3v) is 4.82. The maximum absolute atomic E-state index is 12.0. The van der Waals surface area contributed by atoms with Crippen LogP contribution in [0.3, 0.4) is 0 Å². The van der Waals surface area contributed by atoms with Gasteiger partial charge in [-0.15, -0.1) is 0 Å². The molecule has 0 aliphatic carbocycles. The van der Waals surface area contributed by atoms with E-state index in [-0.39, 0.29) is 26.4 Å². The van der Waals surface area contributed by atoms with Gasteiger partial charge in [0.25, 0.3) is 0 Å². The molecule has 8 nitrogen and oxygen atoms in total. The van der Waals surface area contributed by atoms with Gasteiger partial charge in [0.15, 0.2) is 7.14 Å². The Bertz CT molecular complexity index is 483. The van der Waals surface area contributed by atoms with E-state index in [0.717, 1.165) is 0 Å². The molecule has 0 aromatic heterocycles. The van der Waals surface area contributed by atoms with Crippen LogP contribution < -0.4 is 0 Å². The molecule has 0 saturated heterocycles. The summed E-state index contributed by atoms with van der Waals surface area (Å²) in [6.07, 6.45) is 2.80. The van der Waals surface area contributed by atoms with Crippen molar-refractivity contribution in [2.24, 2.45) is 0 Å². The van der Waals surface area contributed by atoms with Gasteiger partial charge in [0, 0.05) is 0 Å². The van der Waals surface area contributed by atoms with E-state index in [1.807, 2.05) is 0 Å². The molecule has 0 fully saturated rings. The van der Waals surface area contributed by atoms with Crippen molar-refractivity contribution >= 4 is 26.2 Å². The van der Waals surface area contributed by atoms with Gasteiger partial charge in [-0.25, -0.2) is 14.2 Å². The van der Waals surface area contributed by atoms with Crippen molar-refractivity contribution in [2.45, 2.75) is 13.8 Å². The van der Waals surface area contributed by atoms with Gasteiger partial charge < -0.3 is 23.1 Å². The molecule has 0 amide bonds. The topological polar surface area (TPSA) is 105 Å². The number of rotatable bonds is 10. The molecule has 22 heavy (non-hydrogen) atoms. The van der Waals surface area contributed by atoms with Gasteiger partial charge in [0.1, 0.15) is 13.2 Å². The first-order valence-corrected chi connectivity index (χ1v) is 10.8. The molecule has 0 radical (unpaired) electrons. The summed E-state index contributed by atoms with van der Waals surface area (Å²) in [6.45, 7) is 5.58. The zero-order valence-corrected chi connectivity index (χ0v) is 14.9. The van der Waals surface area contributed by atoms with Crippen molar-refractivity contribution < 1.29 is 37.2 Å². The van der Waals surface area contributed by atoms with E-state index in [0.29, 0.717) is 0 Å². The summed E-state index contributed by atoms with van der Waals surface area (Å²) in [6, 6.07) is 0. The van der Waals surface area contributed by atoms with Crippen LogP contribution in [-0.2, 0) is 27.7 Å². The van der Waals surface area contributed by atoms with E-state index < -0.39 is 26.2 Å². The second-order valence-electron chi connectivity index (χ2n) is 4.31. The number of ether oxygens (including phenoxy) is 2. The van der Waals surface area contributed by atoms with Crippen molar-refractivity contribution in [3.63, 3.8) is 0 Å². The van der Waals surface area contributed by atoms with Gasteiger partial charge in [0.05, 0.1) is 13.2 Å². The SMILES string of the molecule is CCOP(=O)(OCC)C(=O)OC/C=C/COC(=O)P(C)(C)=O. The van der Waals surface area contributed by atoms with Gasteiger partial charge in [0.2, 0.25) is 0 Å². The number of carbonyl (C=O) groups excluding carboxylic acids is 2. The number of carbonyl (C=O) groups is 2. The molecule has 0 saturated carbocycles. The van der Waals surface area contributed by atoms with Gasteiger partial charge in [-0.1, -0.05) is 0 Å². The van der Waals surface area contributed by atoms with Crippen molar-refractivity contribution in [2.75, 3.05) is 39.8 Å². The van der Waals surface area contributed by atoms with Crippen LogP contribution >= 0.6 is 14.7 Å². The Morgan fingerprint density at radius 1 is 0.864 bits per heavy atom. The molecule has 0 bridgehead atoms. The number of hydrogen-bond donors (Lipinski definition) is 0. The second kappa shape index (κ2) is 9.95. The third-order valence-electron chi connectivity index (χ3n) is 2.03. The first-order chi connectivity index (χ1) is 10.2. The van der Waals surface area contributed by atoms with Gasteiger partial charge >= 0.3 is 19.0 Å². The minimum absolute atomic E-state index is 0.0479. The highest BCUT2D eigenvalue weighted by Gasteiger charge is 2.36. The van der Waals surface area contributed by atoms with Crippen LogP contribution in [0.5, 0.6) is 0 Å². The molecular formula is C12H22O8P2. The average molecular weight is 356 g/mol. The average Bonchev–Trinajstić information content (AvgIpc) is 2.41. The fourth-order valence-electron chi connectivity index (χ4n) is 1.09. The Balaban J connectivity index is 4.21. The standard InChI is InChI=1S/C12H22O8P2/c1-5-19-22(16,20-6-2)12(14)18-10-8-7-9-17-11(13)21(3,4)15/h7-8H,5-6,9-10H2,1-4H3/b8-7+. The van der Waals surface area contributed by atoms with E-state index in [4.69, 9.17) is 18.5 Å². The molecule has 0 heterocycles. The molecule has 0 N–H and O–H groups in total. The van der Waals surface area contributed by atoms with Crippen LogP contribution in [-0.4, -0.2) is 51.2 Å². The minimum Gasteiger partial charge on any atom is -0.456 e. The fraction of sp³-hybridized carbons (Fsp3) is 0.667. The third kappa shape index (κ3) is 7.90. The van der Waals surface area contributed by atoms with Crippen molar-refractivity contribution in [3.8, 4) is 0 Å². The normalized spacial score (nSPS) is 12.4. The molecule has 0 unspecified atom stereocenters. The zero-order valence-electron chi connectivity index (χ0n) is 13.1. The molecule has 0 aliphatic heterocycles. The lowest BCUT2D eigenvalue weighted by Crippen LogP contribution is -2.09. The molecule has 0 aliphatic rings. The summed E-state index contributed by atoms with van der Waals surface area (Å²) in [4.78, 5) is 22.8. The predicted molar refractivity (Wildman–Crippen MR) is 82.1 cm³/mol. The van der Waals surface area contributed by atoms with Crippen LogP contribution in [0.25, 0.3) is 0 Å². The van der Waals surface area contributed by atoms with Crippen LogP contribution in [0.1, 0.15) is 13.8 Å². The van der Waals surface area contributed by atoms with E-state index in [1.54, 1.807) is 13.8 Å². The fourth-order valence-corrected chi connectivity index (χ4v) is 2.68. The molecule has 0 spiro atoms. The molecular weight excluding hydrogens is 334 g/mol. The molecule has 0 rings (SSSR count). The first-order valence-electron chi connectivity index (χ1n) is 6.61. The maximum atomic E-state index is 12.0. The highest BCUT2D eigenvalue weighted by molar-refractivity contribution is 7.78. The molecule has 0 aromatic carbocycles. The Hall–Kier alpha value is -0.940. The minimum atomic E-state index is -3.92. The maximum Gasteiger partial charge on any atom is 0.438 e. The smallest absolute Gasteiger partial charge is 0.438 e. The summed E-state index contributed by atoms with van der Waals surface area (Å²) in [5.74, 6) is 0. The highest BCUT2D eigenvalue weighted by Crippen LogP contribution is 2.49. The van der Waals surface area contributed by atoms with E-state index in [2.05, 4.69) is 0 Å². The lowest BCUT2D eigenvalue weighted by atomic mass is 10.5. The quantitative estimate of drug-likeness (QED) is 0.431. The number of hydrogen-bond acceptors (Lipinski definition) is 8. The van der Waals surface area contributed by atoms with E-state index >= 15 is 0 Å². The Labute approximate surface area is 130 Å². The molecule has 0 aromatic rings. The van der Waals surface area contributed by atoms with Crippen molar-refractivity contribution in [1.29, 1.82) is 0 Å².